The first-order valence-corrected chi connectivity index (χ1v) is 11.2. The van der Waals surface area contributed by atoms with Crippen LogP contribution in [0.3, 0.4) is 0 Å². The summed E-state index contributed by atoms with van der Waals surface area (Å²) in [5, 5.41) is 2.19. The van der Waals surface area contributed by atoms with Crippen molar-refractivity contribution in [2.45, 2.75) is 91.5 Å². The summed E-state index contributed by atoms with van der Waals surface area (Å²) in [7, 11) is 0. The molecule has 2 rings (SSSR count). The van der Waals surface area contributed by atoms with E-state index in [1.165, 1.54) is 5.56 Å². The second-order valence-electron chi connectivity index (χ2n) is 10.7. The number of benzene rings is 1. The molecule has 1 aliphatic rings. The van der Waals surface area contributed by atoms with Crippen LogP contribution in [0.4, 0.5) is 0 Å². The molecule has 0 N–H and O–H groups in total. The Hall–Kier alpha value is -0.940. The molecule has 1 heterocycles. The standard InChI is InChI=1S/C25H43NO3/c1-20(2)16-27-25(28-17-21(3)4)18-23(5,6)26(24(7,8)19-25)29-15-14-22-12-10-9-11-13-22/h9-13,20-21H,14-19H2,1-8H3. The number of piperidine rings is 1. The lowest BCUT2D eigenvalue weighted by Crippen LogP contribution is -2.66. The molecule has 0 amide bonds. The molecule has 0 bridgehead atoms. The van der Waals surface area contributed by atoms with Crippen LogP contribution in [-0.2, 0) is 20.7 Å². The molecular formula is C25H43NO3. The lowest BCUT2D eigenvalue weighted by molar-refractivity contribution is -0.359. The molecule has 29 heavy (non-hydrogen) atoms. The molecule has 0 unspecified atom stereocenters. The van der Waals surface area contributed by atoms with Crippen molar-refractivity contribution in [1.82, 2.24) is 5.06 Å². The summed E-state index contributed by atoms with van der Waals surface area (Å²) in [6.45, 7) is 19.8. The first kappa shape index (κ1) is 24.3. The summed E-state index contributed by atoms with van der Waals surface area (Å²) in [6.07, 6.45) is 2.48. The fraction of sp³-hybridized carbons (Fsp3) is 0.760. The molecule has 4 heteroatoms. The van der Waals surface area contributed by atoms with E-state index in [1.807, 2.05) is 0 Å². The number of rotatable bonds is 10. The topological polar surface area (TPSA) is 30.9 Å². The van der Waals surface area contributed by atoms with Crippen LogP contribution in [0.2, 0.25) is 0 Å². The third-order valence-electron chi connectivity index (χ3n) is 5.32. The molecule has 1 fully saturated rings. The van der Waals surface area contributed by atoms with Crippen molar-refractivity contribution in [2.24, 2.45) is 11.8 Å². The molecule has 1 aliphatic heterocycles. The van der Waals surface area contributed by atoms with E-state index >= 15 is 0 Å². The molecule has 1 aromatic carbocycles. The molecule has 0 spiro atoms. The van der Waals surface area contributed by atoms with Gasteiger partial charge in [-0.1, -0.05) is 58.0 Å². The zero-order valence-electron chi connectivity index (χ0n) is 20.0. The Labute approximate surface area is 178 Å². The molecule has 4 nitrogen and oxygen atoms in total. The number of hydrogen-bond acceptors (Lipinski definition) is 4. The highest BCUT2D eigenvalue weighted by molar-refractivity contribution is 5.14. The van der Waals surface area contributed by atoms with Gasteiger partial charge in [0.1, 0.15) is 0 Å². The van der Waals surface area contributed by atoms with E-state index in [4.69, 9.17) is 14.3 Å². The molecule has 0 aliphatic carbocycles. The summed E-state index contributed by atoms with van der Waals surface area (Å²) in [5.41, 5.74) is 0.897. The summed E-state index contributed by atoms with van der Waals surface area (Å²) in [4.78, 5) is 6.38. The number of nitrogens with zero attached hydrogens (tertiary/aromatic N) is 1. The maximum absolute atomic E-state index is 6.47. The van der Waals surface area contributed by atoms with Gasteiger partial charge in [-0.05, 0) is 51.5 Å². The van der Waals surface area contributed by atoms with E-state index in [0.717, 1.165) is 19.3 Å². The maximum Gasteiger partial charge on any atom is 0.171 e. The van der Waals surface area contributed by atoms with Crippen molar-refractivity contribution in [3.05, 3.63) is 35.9 Å². The smallest absolute Gasteiger partial charge is 0.171 e. The van der Waals surface area contributed by atoms with Crippen molar-refractivity contribution in [1.29, 1.82) is 0 Å². The number of hydrogen-bond donors (Lipinski definition) is 0. The molecule has 0 atom stereocenters. The fourth-order valence-corrected chi connectivity index (χ4v) is 4.48. The van der Waals surface area contributed by atoms with Crippen LogP contribution >= 0.6 is 0 Å². The zero-order chi connectivity index (χ0) is 21.7. The third-order valence-corrected chi connectivity index (χ3v) is 5.32. The molecule has 1 aromatic rings. The van der Waals surface area contributed by atoms with Crippen molar-refractivity contribution < 1.29 is 14.3 Å². The summed E-state index contributed by atoms with van der Waals surface area (Å²) in [6, 6.07) is 10.5. The average Bonchev–Trinajstić information content (AvgIpc) is 2.61. The molecular weight excluding hydrogens is 362 g/mol. The van der Waals surface area contributed by atoms with Gasteiger partial charge in [-0.15, -0.1) is 0 Å². The van der Waals surface area contributed by atoms with Crippen LogP contribution in [-0.4, -0.2) is 41.7 Å². The van der Waals surface area contributed by atoms with Gasteiger partial charge in [0, 0.05) is 23.9 Å². The van der Waals surface area contributed by atoms with E-state index in [1.54, 1.807) is 0 Å². The largest absolute Gasteiger partial charge is 0.350 e. The van der Waals surface area contributed by atoms with Gasteiger partial charge in [0.05, 0.1) is 19.8 Å². The van der Waals surface area contributed by atoms with Crippen molar-refractivity contribution in [2.75, 3.05) is 19.8 Å². The highest BCUT2D eigenvalue weighted by Crippen LogP contribution is 2.46. The highest BCUT2D eigenvalue weighted by atomic mass is 16.7. The van der Waals surface area contributed by atoms with E-state index in [0.29, 0.717) is 31.7 Å². The highest BCUT2D eigenvalue weighted by Gasteiger charge is 2.55. The van der Waals surface area contributed by atoms with Gasteiger partial charge >= 0.3 is 0 Å². The maximum atomic E-state index is 6.47. The van der Waals surface area contributed by atoms with Gasteiger partial charge in [-0.2, -0.15) is 5.06 Å². The van der Waals surface area contributed by atoms with Crippen LogP contribution in [0, 0.1) is 11.8 Å². The van der Waals surface area contributed by atoms with E-state index in [-0.39, 0.29) is 11.1 Å². The van der Waals surface area contributed by atoms with Gasteiger partial charge in [-0.25, -0.2) is 0 Å². The predicted octanol–water partition coefficient (Wildman–Crippen LogP) is 5.86. The summed E-state index contributed by atoms with van der Waals surface area (Å²) in [5.74, 6) is 0.377. The van der Waals surface area contributed by atoms with Crippen LogP contribution in [0.15, 0.2) is 30.3 Å². The molecule has 1 saturated heterocycles. The first-order chi connectivity index (χ1) is 13.5. The molecule has 166 valence electrons. The van der Waals surface area contributed by atoms with E-state index in [9.17, 15) is 0 Å². The number of ether oxygens (including phenoxy) is 2. The van der Waals surface area contributed by atoms with Crippen molar-refractivity contribution in [3.63, 3.8) is 0 Å². The van der Waals surface area contributed by atoms with Gasteiger partial charge in [-0.3, -0.25) is 4.84 Å². The minimum atomic E-state index is -0.569. The third kappa shape index (κ3) is 7.06. The van der Waals surface area contributed by atoms with Crippen LogP contribution in [0.5, 0.6) is 0 Å². The Kier molecular flexibility index (Phi) is 8.32. The van der Waals surface area contributed by atoms with Crippen molar-refractivity contribution in [3.8, 4) is 0 Å². The molecule has 0 radical (unpaired) electrons. The first-order valence-electron chi connectivity index (χ1n) is 11.2. The van der Waals surface area contributed by atoms with Gasteiger partial charge in [0.15, 0.2) is 5.79 Å². The predicted molar refractivity (Wildman–Crippen MR) is 120 cm³/mol. The normalized spacial score (nSPS) is 21.0. The molecule has 0 saturated carbocycles. The lowest BCUT2D eigenvalue weighted by Gasteiger charge is -2.57. The average molecular weight is 406 g/mol. The second-order valence-corrected chi connectivity index (χ2v) is 10.7. The Morgan fingerprint density at radius 3 is 1.76 bits per heavy atom. The number of hydroxylamine groups is 2. The van der Waals surface area contributed by atoms with E-state index in [2.05, 4.69) is 90.8 Å². The SMILES string of the molecule is CC(C)COC1(OCC(C)C)CC(C)(C)N(OCCc2ccccc2)C(C)(C)C1. The van der Waals surface area contributed by atoms with Gasteiger partial charge in [0.25, 0.3) is 0 Å². The van der Waals surface area contributed by atoms with E-state index < -0.39 is 5.79 Å². The van der Waals surface area contributed by atoms with Crippen LogP contribution < -0.4 is 0 Å². The summed E-state index contributed by atoms with van der Waals surface area (Å²) >= 11 is 0. The van der Waals surface area contributed by atoms with Crippen molar-refractivity contribution >= 4 is 0 Å². The zero-order valence-corrected chi connectivity index (χ0v) is 20.0. The minimum Gasteiger partial charge on any atom is -0.350 e. The Morgan fingerprint density at radius 1 is 0.828 bits per heavy atom. The Balaban J connectivity index is 2.12. The van der Waals surface area contributed by atoms with Crippen LogP contribution in [0.1, 0.15) is 73.8 Å². The minimum absolute atomic E-state index is 0.202. The Bertz CT molecular complexity index is 578. The monoisotopic (exact) mass is 405 g/mol. The quantitative estimate of drug-likeness (QED) is 0.457. The van der Waals surface area contributed by atoms with Crippen LogP contribution in [0.25, 0.3) is 0 Å². The fourth-order valence-electron chi connectivity index (χ4n) is 4.48. The second kappa shape index (κ2) is 9.91. The van der Waals surface area contributed by atoms with Gasteiger partial charge in [0.2, 0.25) is 0 Å². The Morgan fingerprint density at radius 2 is 1.31 bits per heavy atom. The molecule has 0 aromatic heterocycles. The van der Waals surface area contributed by atoms with Gasteiger partial charge < -0.3 is 9.47 Å². The summed E-state index contributed by atoms with van der Waals surface area (Å²) < 4.78 is 12.9. The lowest BCUT2D eigenvalue weighted by atomic mass is 9.77.